The first kappa shape index (κ1) is 23.8. The molecule has 1 atom stereocenters. The smallest absolute Gasteiger partial charge is 0.325 e. The largest absolute Gasteiger partial charge is 0.357 e. The molecule has 2 heterocycles. The first-order valence-corrected chi connectivity index (χ1v) is 12.4. The number of likely N-dealkylation sites (tertiary alicyclic amines) is 1. The molecule has 2 saturated heterocycles. The summed E-state index contributed by atoms with van der Waals surface area (Å²) in [4.78, 5) is 33.3. The molecule has 3 N–H and O–H groups in total. The molecule has 8 heteroatoms. The molecule has 3 rings (SSSR count). The molecule has 0 bridgehead atoms. The zero-order valence-electron chi connectivity index (χ0n) is 19.7. The lowest BCUT2D eigenvalue weighted by Crippen LogP contribution is -2.51. The number of carbonyl (C=O) groups excluding carboxylic acids is 2. The second-order valence-corrected chi connectivity index (χ2v) is 9.43. The number of rotatable bonds is 8. The second-order valence-electron chi connectivity index (χ2n) is 9.43. The molecule has 3 amide bonds. The first-order valence-electron chi connectivity index (χ1n) is 12.4. The summed E-state index contributed by atoms with van der Waals surface area (Å²) in [5.74, 6) is 0.716. The maximum atomic E-state index is 12.5. The minimum atomic E-state index is -0.761. The third-order valence-corrected chi connectivity index (χ3v) is 7.17. The Bertz CT molecular complexity index is 640. The molecule has 3 aliphatic rings. The molecule has 0 radical (unpaired) electrons. The van der Waals surface area contributed by atoms with Crippen molar-refractivity contribution in [1.29, 1.82) is 0 Å². The van der Waals surface area contributed by atoms with Crippen LogP contribution in [0.4, 0.5) is 4.79 Å². The number of piperidine rings is 1. The van der Waals surface area contributed by atoms with Crippen LogP contribution in [0.2, 0.25) is 0 Å². The predicted molar refractivity (Wildman–Crippen MR) is 124 cm³/mol. The van der Waals surface area contributed by atoms with Crippen LogP contribution < -0.4 is 16.0 Å². The van der Waals surface area contributed by atoms with E-state index in [4.69, 9.17) is 4.99 Å². The zero-order valence-corrected chi connectivity index (χ0v) is 19.7. The summed E-state index contributed by atoms with van der Waals surface area (Å²) in [5, 5.41) is 9.74. The van der Waals surface area contributed by atoms with Crippen LogP contribution in [0.25, 0.3) is 0 Å². The summed E-state index contributed by atoms with van der Waals surface area (Å²) in [7, 11) is 0. The van der Waals surface area contributed by atoms with Gasteiger partial charge in [-0.1, -0.05) is 26.2 Å². The molecule has 1 aliphatic carbocycles. The Morgan fingerprint density at radius 2 is 1.84 bits per heavy atom. The fraction of sp³-hybridized carbons (Fsp3) is 0.870. The summed E-state index contributed by atoms with van der Waals surface area (Å²) < 4.78 is 0. The van der Waals surface area contributed by atoms with Crippen molar-refractivity contribution in [1.82, 2.24) is 25.8 Å². The topological polar surface area (TPSA) is 89.1 Å². The number of aliphatic imine (C=N–C) groups is 1. The number of carbonyl (C=O) groups is 2. The van der Waals surface area contributed by atoms with Crippen LogP contribution in [0.5, 0.6) is 0 Å². The third-order valence-electron chi connectivity index (χ3n) is 7.17. The van der Waals surface area contributed by atoms with Gasteiger partial charge in [0, 0.05) is 44.8 Å². The van der Waals surface area contributed by atoms with E-state index in [0.29, 0.717) is 32.0 Å². The Kier molecular flexibility index (Phi) is 8.58. The summed E-state index contributed by atoms with van der Waals surface area (Å²) in [6.07, 6.45) is 10.5. The van der Waals surface area contributed by atoms with Crippen molar-refractivity contribution in [3.05, 3.63) is 0 Å². The monoisotopic (exact) mass is 434 g/mol. The van der Waals surface area contributed by atoms with Crippen molar-refractivity contribution >= 4 is 17.9 Å². The van der Waals surface area contributed by atoms with E-state index in [-0.39, 0.29) is 11.9 Å². The Morgan fingerprint density at radius 3 is 2.45 bits per heavy atom. The van der Waals surface area contributed by atoms with Crippen LogP contribution in [0.15, 0.2) is 4.99 Å². The van der Waals surface area contributed by atoms with Crippen LogP contribution in [0.3, 0.4) is 0 Å². The fourth-order valence-electron chi connectivity index (χ4n) is 4.98. The molecule has 0 aromatic rings. The number of guanidine groups is 1. The summed E-state index contributed by atoms with van der Waals surface area (Å²) >= 11 is 0. The zero-order chi connectivity index (χ0) is 22.3. The van der Waals surface area contributed by atoms with E-state index in [1.807, 2.05) is 6.92 Å². The highest BCUT2D eigenvalue weighted by Gasteiger charge is 2.45. The predicted octanol–water partition coefficient (Wildman–Crippen LogP) is 2.45. The average Bonchev–Trinajstić information content (AvgIpc) is 3.01. The van der Waals surface area contributed by atoms with Gasteiger partial charge in [0.25, 0.3) is 5.91 Å². The van der Waals surface area contributed by atoms with Gasteiger partial charge in [-0.05, 0) is 52.4 Å². The molecule has 1 saturated carbocycles. The molecular weight excluding hydrogens is 392 g/mol. The summed E-state index contributed by atoms with van der Waals surface area (Å²) in [6.45, 7) is 9.92. The molecule has 0 spiro atoms. The van der Waals surface area contributed by atoms with E-state index in [2.05, 4.69) is 27.8 Å². The minimum absolute atomic E-state index is 0.126. The lowest BCUT2D eigenvalue weighted by molar-refractivity contribution is -0.130. The minimum Gasteiger partial charge on any atom is -0.357 e. The molecule has 3 fully saturated rings. The lowest BCUT2D eigenvalue weighted by atomic mass is 9.92. The van der Waals surface area contributed by atoms with E-state index >= 15 is 0 Å². The van der Waals surface area contributed by atoms with Crippen molar-refractivity contribution in [2.24, 2.45) is 4.99 Å². The van der Waals surface area contributed by atoms with Gasteiger partial charge in [-0.2, -0.15) is 0 Å². The van der Waals surface area contributed by atoms with E-state index in [1.54, 1.807) is 6.92 Å². The van der Waals surface area contributed by atoms with Gasteiger partial charge >= 0.3 is 6.03 Å². The van der Waals surface area contributed by atoms with Crippen molar-refractivity contribution < 1.29 is 9.59 Å². The Labute approximate surface area is 187 Å². The highest BCUT2D eigenvalue weighted by molar-refractivity contribution is 6.06. The standard InChI is InChI=1S/C23H42N6O2/c1-4-23(3)20(30)29(22(31)27-23)15-9-14-25-21(24-5-2)26-18-12-16-28(17-13-18)19-10-7-6-8-11-19/h18-19H,4-17H2,1-3H3,(H,27,31)(H2,24,25,26). The van der Waals surface area contributed by atoms with Gasteiger partial charge in [0.1, 0.15) is 5.54 Å². The number of urea groups is 1. The summed E-state index contributed by atoms with van der Waals surface area (Å²) in [5.41, 5.74) is -0.761. The molecule has 8 nitrogen and oxygen atoms in total. The van der Waals surface area contributed by atoms with Crippen LogP contribution in [-0.2, 0) is 4.79 Å². The van der Waals surface area contributed by atoms with E-state index in [1.165, 1.54) is 50.1 Å². The van der Waals surface area contributed by atoms with Crippen molar-refractivity contribution in [2.45, 2.75) is 96.2 Å². The lowest BCUT2D eigenvalue weighted by Gasteiger charge is -2.39. The van der Waals surface area contributed by atoms with Crippen LogP contribution in [0.1, 0.15) is 78.6 Å². The SMILES string of the molecule is CCNC(=NCCCN1C(=O)NC(C)(CC)C1=O)NC1CCN(C2CCCCC2)CC1. The van der Waals surface area contributed by atoms with Crippen LogP contribution >= 0.6 is 0 Å². The van der Waals surface area contributed by atoms with Gasteiger partial charge < -0.3 is 20.9 Å². The number of imide groups is 1. The van der Waals surface area contributed by atoms with Crippen molar-refractivity contribution in [3.63, 3.8) is 0 Å². The highest BCUT2D eigenvalue weighted by Crippen LogP contribution is 2.25. The number of nitrogens with zero attached hydrogens (tertiary/aromatic N) is 3. The Balaban J connectivity index is 1.42. The van der Waals surface area contributed by atoms with Gasteiger partial charge in [0.15, 0.2) is 5.96 Å². The highest BCUT2D eigenvalue weighted by atomic mass is 16.2. The number of amides is 3. The molecular formula is C23H42N6O2. The van der Waals surface area contributed by atoms with Crippen molar-refractivity contribution in [2.75, 3.05) is 32.7 Å². The van der Waals surface area contributed by atoms with E-state index in [0.717, 1.165) is 31.4 Å². The van der Waals surface area contributed by atoms with Gasteiger partial charge in [-0.15, -0.1) is 0 Å². The Hall–Kier alpha value is -1.83. The normalized spacial score (nSPS) is 26.9. The maximum absolute atomic E-state index is 12.5. The summed E-state index contributed by atoms with van der Waals surface area (Å²) in [6, 6.07) is 0.971. The fourth-order valence-corrected chi connectivity index (χ4v) is 4.98. The second kappa shape index (κ2) is 11.2. The van der Waals surface area contributed by atoms with E-state index in [9.17, 15) is 9.59 Å². The van der Waals surface area contributed by atoms with Gasteiger partial charge in [0.2, 0.25) is 0 Å². The number of hydrogen-bond donors (Lipinski definition) is 3. The molecule has 2 aliphatic heterocycles. The molecule has 0 aromatic carbocycles. The molecule has 1 unspecified atom stereocenters. The van der Waals surface area contributed by atoms with Crippen LogP contribution in [0, 0.1) is 0 Å². The maximum Gasteiger partial charge on any atom is 0.325 e. The first-order chi connectivity index (χ1) is 15.0. The molecule has 31 heavy (non-hydrogen) atoms. The van der Waals surface area contributed by atoms with Crippen LogP contribution in [-0.4, -0.2) is 78.0 Å². The number of nitrogens with one attached hydrogen (secondary N) is 3. The van der Waals surface area contributed by atoms with E-state index < -0.39 is 5.54 Å². The quantitative estimate of drug-likeness (QED) is 0.236. The molecule has 0 aromatic heterocycles. The van der Waals surface area contributed by atoms with Crippen molar-refractivity contribution in [3.8, 4) is 0 Å². The number of hydrogen-bond acceptors (Lipinski definition) is 4. The average molecular weight is 435 g/mol. The Morgan fingerprint density at radius 1 is 1.13 bits per heavy atom. The third kappa shape index (κ3) is 6.11. The van der Waals surface area contributed by atoms with Gasteiger partial charge in [-0.3, -0.25) is 14.7 Å². The van der Waals surface area contributed by atoms with Gasteiger partial charge in [-0.25, -0.2) is 4.79 Å². The molecule has 176 valence electrons. The van der Waals surface area contributed by atoms with Gasteiger partial charge in [0.05, 0.1) is 0 Å².